The van der Waals surface area contributed by atoms with Gasteiger partial charge in [0.2, 0.25) is 0 Å². The molecule has 0 aromatic heterocycles. The molecule has 1 fully saturated rings. The molecule has 102 valence electrons. The number of anilines is 1. The van der Waals surface area contributed by atoms with Crippen molar-refractivity contribution in [2.75, 3.05) is 11.4 Å². The van der Waals surface area contributed by atoms with Crippen molar-refractivity contribution in [3.05, 3.63) is 29.3 Å². The summed E-state index contributed by atoms with van der Waals surface area (Å²) in [5.74, 6) is -0.602. The van der Waals surface area contributed by atoms with Gasteiger partial charge in [0.05, 0.1) is 0 Å². The van der Waals surface area contributed by atoms with Crippen LogP contribution in [0, 0.1) is 5.92 Å². The van der Waals surface area contributed by atoms with Crippen molar-refractivity contribution in [1.82, 2.24) is 5.32 Å². The second-order valence-corrected chi connectivity index (χ2v) is 5.16. The van der Waals surface area contributed by atoms with Gasteiger partial charge in [0.15, 0.2) is 0 Å². The zero-order valence-corrected chi connectivity index (χ0v) is 11.2. The van der Waals surface area contributed by atoms with Gasteiger partial charge >= 0.3 is 12.0 Å². The first kappa shape index (κ1) is 13.7. The fourth-order valence-electron chi connectivity index (χ4n) is 1.80. The molecule has 5 nitrogen and oxygen atoms in total. The highest BCUT2D eigenvalue weighted by Gasteiger charge is 2.35. The lowest BCUT2D eigenvalue weighted by atomic mass is 10.3. The van der Waals surface area contributed by atoms with Crippen molar-refractivity contribution < 1.29 is 14.7 Å². The molecule has 0 heterocycles. The van der Waals surface area contributed by atoms with Crippen molar-refractivity contribution in [1.29, 1.82) is 0 Å². The Kier molecular flexibility index (Phi) is 3.95. The van der Waals surface area contributed by atoms with Crippen molar-refractivity contribution in [2.45, 2.75) is 19.4 Å². The lowest BCUT2D eigenvalue weighted by molar-refractivity contribution is -0.135. The number of hydrogen-bond acceptors (Lipinski definition) is 2. The summed E-state index contributed by atoms with van der Waals surface area (Å²) in [5.41, 5.74) is 0.512. The predicted molar refractivity (Wildman–Crippen MR) is 72.5 cm³/mol. The Morgan fingerprint density at radius 3 is 2.47 bits per heavy atom. The van der Waals surface area contributed by atoms with E-state index in [1.165, 1.54) is 4.90 Å². The number of carbonyl (C=O) groups is 2. The Labute approximate surface area is 116 Å². The lowest BCUT2D eigenvalue weighted by Crippen LogP contribution is -2.44. The van der Waals surface area contributed by atoms with E-state index in [9.17, 15) is 9.59 Å². The molecule has 1 aliphatic carbocycles. The molecule has 2 unspecified atom stereocenters. The first-order valence-corrected chi connectivity index (χ1v) is 6.40. The molecule has 2 amide bonds. The van der Waals surface area contributed by atoms with Crippen LogP contribution in [0.1, 0.15) is 13.3 Å². The molecule has 2 atom stereocenters. The molecule has 0 aliphatic heterocycles. The molecule has 0 radical (unpaired) electrons. The Bertz CT molecular complexity index is 489. The minimum absolute atomic E-state index is 0.149. The number of aliphatic carboxylic acids is 1. The number of nitrogens with zero attached hydrogens (tertiary/aromatic N) is 1. The van der Waals surface area contributed by atoms with E-state index in [1.807, 2.05) is 6.92 Å². The van der Waals surface area contributed by atoms with E-state index in [1.54, 1.807) is 24.3 Å². The number of benzene rings is 1. The maximum atomic E-state index is 12.1. The average molecular weight is 283 g/mol. The molecule has 1 aliphatic rings. The standard InChI is InChI=1S/C13H15ClN2O3/c1-8-6-11(8)15-13(19)16(7-12(17)18)10-4-2-9(14)3-5-10/h2-5,8,11H,6-7H2,1H3,(H,15,19)(H,17,18). The number of carboxylic acid groups (broad SMARTS) is 1. The number of amides is 2. The number of hydrogen-bond donors (Lipinski definition) is 2. The Morgan fingerprint density at radius 2 is 2.00 bits per heavy atom. The zero-order chi connectivity index (χ0) is 14.0. The molecular weight excluding hydrogens is 268 g/mol. The highest BCUT2D eigenvalue weighted by atomic mass is 35.5. The average Bonchev–Trinajstić information content (AvgIpc) is 3.03. The summed E-state index contributed by atoms with van der Waals surface area (Å²) in [5, 5.41) is 12.3. The molecule has 0 saturated heterocycles. The molecule has 19 heavy (non-hydrogen) atoms. The van der Waals surface area contributed by atoms with Gasteiger partial charge in [-0.3, -0.25) is 9.69 Å². The van der Waals surface area contributed by atoms with Crippen LogP contribution in [0.4, 0.5) is 10.5 Å². The minimum Gasteiger partial charge on any atom is -0.480 e. The van der Waals surface area contributed by atoms with Crippen molar-refractivity contribution in [3.8, 4) is 0 Å². The van der Waals surface area contributed by atoms with E-state index in [0.717, 1.165) is 6.42 Å². The molecule has 0 spiro atoms. The maximum absolute atomic E-state index is 12.1. The summed E-state index contributed by atoms with van der Waals surface area (Å²) in [6.45, 7) is 1.66. The molecule has 6 heteroatoms. The molecule has 1 aromatic carbocycles. The zero-order valence-electron chi connectivity index (χ0n) is 10.5. The third-order valence-corrected chi connectivity index (χ3v) is 3.35. The van der Waals surface area contributed by atoms with Gasteiger partial charge in [-0.05, 0) is 36.6 Å². The first-order valence-electron chi connectivity index (χ1n) is 6.03. The fourth-order valence-corrected chi connectivity index (χ4v) is 1.92. The van der Waals surface area contributed by atoms with Crippen LogP contribution in [-0.2, 0) is 4.79 Å². The first-order chi connectivity index (χ1) is 8.97. The minimum atomic E-state index is -1.06. The molecule has 1 saturated carbocycles. The SMILES string of the molecule is CC1CC1NC(=O)N(CC(=O)O)c1ccc(Cl)cc1. The Morgan fingerprint density at radius 1 is 1.42 bits per heavy atom. The van der Waals surface area contributed by atoms with E-state index in [-0.39, 0.29) is 18.6 Å². The lowest BCUT2D eigenvalue weighted by Gasteiger charge is -2.21. The second-order valence-electron chi connectivity index (χ2n) is 4.73. The maximum Gasteiger partial charge on any atom is 0.323 e. The van der Waals surface area contributed by atoms with Crippen LogP contribution < -0.4 is 10.2 Å². The van der Waals surface area contributed by atoms with E-state index >= 15 is 0 Å². The van der Waals surface area contributed by atoms with Crippen LogP contribution in [-0.4, -0.2) is 29.7 Å². The summed E-state index contributed by atoms with van der Waals surface area (Å²) < 4.78 is 0. The smallest absolute Gasteiger partial charge is 0.323 e. The third kappa shape index (κ3) is 3.61. The van der Waals surface area contributed by atoms with Crippen molar-refractivity contribution in [3.63, 3.8) is 0 Å². The summed E-state index contributed by atoms with van der Waals surface area (Å²) >= 11 is 5.78. The summed E-state index contributed by atoms with van der Waals surface area (Å²) in [6, 6.07) is 6.26. The number of rotatable bonds is 4. The van der Waals surface area contributed by atoms with E-state index < -0.39 is 5.97 Å². The van der Waals surface area contributed by atoms with E-state index in [2.05, 4.69) is 5.32 Å². The van der Waals surface area contributed by atoms with Crippen LogP contribution in [0.3, 0.4) is 0 Å². The van der Waals surface area contributed by atoms with E-state index in [4.69, 9.17) is 16.7 Å². The number of carboxylic acids is 1. The van der Waals surface area contributed by atoms with Crippen LogP contribution in [0.2, 0.25) is 5.02 Å². The predicted octanol–water partition coefficient (Wildman–Crippen LogP) is 2.35. The summed E-state index contributed by atoms with van der Waals surface area (Å²) in [6.07, 6.45) is 0.938. The summed E-state index contributed by atoms with van der Waals surface area (Å²) in [7, 11) is 0. The van der Waals surface area contributed by atoms with Gasteiger partial charge in [0.1, 0.15) is 6.54 Å². The third-order valence-electron chi connectivity index (χ3n) is 3.10. The van der Waals surface area contributed by atoms with Crippen LogP contribution in [0.25, 0.3) is 0 Å². The highest BCUT2D eigenvalue weighted by Crippen LogP contribution is 2.29. The van der Waals surface area contributed by atoms with Gasteiger partial charge in [0, 0.05) is 16.8 Å². The number of urea groups is 1. The quantitative estimate of drug-likeness (QED) is 0.890. The van der Waals surface area contributed by atoms with Crippen LogP contribution in [0.15, 0.2) is 24.3 Å². The van der Waals surface area contributed by atoms with Gasteiger partial charge in [-0.15, -0.1) is 0 Å². The fraction of sp³-hybridized carbons (Fsp3) is 0.385. The van der Waals surface area contributed by atoms with Crippen molar-refractivity contribution >= 4 is 29.3 Å². The number of carbonyl (C=O) groups excluding carboxylic acids is 1. The molecule has 2 rings (SSSR count). The summed E-state index contributed by atoms with van der Waals surface area (Å²) in [4.78, 5) is 24.1. The molecule has 0 bridgehead atoms. The highest BCUT2D eigenvalue weighted by molar-refractivity contribution is 6.30. The Balaban J connectivity index is 2.12. The number of nitrogens with one attached hydrogen (secondary N) is 1. The molecule has 2 N–H and O–H groups in total. The normalized spacial score (nSPS) is 20.7. The Hall–Kier alpha value is -1.75. The van der Waals surface area contributed by atoms with Gasteiger partial charge in [-0.2, -0.15) is 0 Å². The van der Waals surface area contributed by atoms with Crippen LogP contribution >= 0.6 is 11.6 Å². The van der Waals surface area contributed by atoms with Gasteiger partial charge < -0.3 is 10.4 Å². The van der Waals surface area contributed by atoms with Gasteiger partial charge in [-0.1, -0.05) is 18.5 Å². The second kappa shape index (κ2) is 5.48. The largest absolute Gasteiger partial charge is 0.480 e. The number of halogens is 1. The van der Waals surface area contributed by atoms with E-state index in [0.29, 0.717) is 16.6 Å². The van der Waals surface area contributed by atoms with Crippen molar-refractivity contribution in [2.24, 2.45) is 5.92 Å². The topological polar surface area (TPSA) is 69.6 Å². The van der Waals surface area contributed by atoms with Gasteiger partial charge in [0.25, 0.3) is 0 Å². The van der Waals surface area contributed by atoms with Gasteiger partial charge in [-0.25, -0.2) is 4.79 Å². The monoisotopic (exact) mass is 282 g/mol. The molecular formula is C13H15ClN2O3. The molecule has 1 aromatic rings. The van der Waals surface area contributed by atoms with Crippen LogP contribution in [0.5, 0.6) is 0 Å².